The number of benzene rings is 1. The van der Waals surface area contributed by atoms with Crippen LogP contribution in [0, 0.1) is 0 Å². The van der Waals surface area contributed by atoms with Gasteiger partial charge < -0.3 is 15.8 Å². The lowest BCUT2D eigenvalue weighted by Crippen LogP contribution is -2.21. The Morgan fingerprint density at radius 3 is 3.05 bits per heavy atom. The van der Waals surface area contributed by atoms with Crippen LogP contribution in [0.25, 0.3) is 0 Å². The van der Waals surface area contributed by atoms with Crippen molar-refractivity contribution in [3.8, 4) is 0 Å². The Hall–Kier alpha value is -1.07. The van der Waals surface area contributed by atoms with Crippen molar-refractivity contribution in [2.45, 2.75) is 19.4 Å². The average molecular weight is 301 g/mol. The minimum atomic E-state index is -0.398. The average Bonchev–Trinajstić information content (AvgIpc) is 2.85. The molecule has 0 bridgehead atoms. The van der Waals surface area contributed by atoms with Gasteiger partial charge in [-0.15, -0.1) is 0 Å². The van der Waals surface area contributed by atoms with E-state index in [1.807, 2.05) is 11.8 Å². The summed E-state index contributed by atoms with van der Waals surface area (Å²) in [6, 6.07) is 3.59. The predicted octanol–water partition coefficient (Wildman–Crippen LogP) is 3.02. The minimum Gasteiger partial charge on any atom is -0.462 e. The van der Waals surface area contributed by atoms with E-state index in [-0.39, 0.29) is 0 Å². The molecule has 1 aromatic rings. The van der Waals surface area contributed by atoms with Crippen molar-refractivity contribution in [3.63, 3.8) is 0 Å². The number of carbonyl (C=O) groups excluding carboxylic acids is 1. The summed E-state index contributed by atoms with van der Waals surface area (Å²) in [4.78, 5) is 12.0. The van der Waals surface area contributed by atoms with Crippen molar-refractivity contribution in [3.05, 3.63) is 22.7 Å². The number of nitrogens with one attached hydrogen (secondary N) is 1. The summed E-state index contributed by atoms with van der Waals surface area (Å²) in [5.74, 6) is 1.74. The number of rotatable bonds is 4. The van der Waals surface area contributed by atoms with Gasteiger partial charge in [0.1, 0.15) is 0 Å². The van der Waals surface area contributed by atoms with Crippen molar-refractivity contribution in [2.24, 2.45) is 0 Å². The van der Waals surface area contributed by atoms with Crippen LogP contribution in [0.5, 0.6) is 0 Å². The Kier molecular flexibility index (Phi) is 4.82. The summed E-state index contributed by atoms with van der Waals surface area (Å²) in [5, 5.41) is 3.79. The zero-order valence-corrected chi connectivity index (χ0v) is 12.3. The fourth-order valence-electron chi connectivity index (χ4n) is 2.00. The second-order valence-electron chi connectivity index (χ2n) is 4.35. The molecule has 2 rings (SSSR count). The van der Waals surface area contributed by atoms with Gasteiger partial charge in [-0.1, -0.05) is 11.6 Å². The first-order chi connectivity index (χ1) is 9.11. The van der Waals surface area contributed by atoms with Crippen LogP contribution in [0.2, 0.25) is 5.02 Å². The number of anilines is 2. The van der Waals surface area contributed by atoms with Crippen LogP contribution in [0.3, 0.4) is 0 Å². The molecule has 3 N–H and O–H groups in total. The lowest BCUT2D eigenvalue weighted by molar-refractivity contribution is 0.0527. The maximum Gasteiger partial charge on any atom is 0.340 e. The van der Waals surface area contributed by atoms with Crippen LogP contribution in [-0.2, 0) is 4.74 Å². The van der Waals surface area contributed by atoms with Gasteiger partial charge in [0.05, 0.1) is 22.9 Å². The van der Waals surface area contributed by atoms with Crippen molar-refractivity contribution < 1.29 is 9.53 Å². The van der Waals surface area contributed by atoms with Crippen molar-refractivity contribution in [2.75, 3.05) is 29.2 Å². The number of nitrogen functional groups attached to an aromatic ring is 1. The number of hydrogen-bond donors (Lipinski definition) is 2. The van der Waals surface area contributed by atoms with Gasteiger partial charge in [0.25, 0.3) is 0 Å². The molecule has 1 aliphatic heterocycles. The summed E-state index contributed by atoms with van der Waals surface area (Å²) in [7, 11) is 0. The minimum absolute atomic E-state index is 0.323. The van der Waals surface area contributed by atoms with Gasteiger partial charge in [-0.05, 0) is 31.2 Å². The highest BCUT2D eigenvalue weighted by Gasteiger charge is 2.21. The molecular formula is C13H17ClN2O2S. The smallest absolute Gasteiger partial charge is 0.340 e. The summed E-state index contributed by atoms with van der Waals surface area (Å²) in [6.45, 7) is 2.09. The molecular weight excluding hydrogens is 284 g/mol. The molecule has 104 valence electrons. The van der Waals surface area contributed by atoms with Crippen molar-refractivity contribution in [1.82, 2.24) is 0 Å². The first-order valence-electron chi connectivity index (χ1n) is 6.22. The standard InChI is InChI=1S/C13H17ClN2O2S/c1-2-18-13(17)10-5-8(15)6-11(14)12(10)16-9-3-4-19-7-9/h5-6,9,16H,2-4,7,15H2,1H3. The van der Waals surface area contributed by atoms with Crippen LogP contribution in [0.4, 0.5) is 11.4 Å². The van der Waals surface area contributed by atoms with Gasteiger partial charge in [0.2, 0.25) is 0 Å². The maximum atomic E-state index is 12.0. The Balaban J connectivity index is 2.30. The normalized spacial score (nSPS) is 18.3. The Labute approximate surface area is 122 Å². The van der Waals surface area contributed by atoms with E-state index < -0.39 is 5.97 Å². The number of hydrogen-bond acceptors (Lipinski definition) is 5. The molecule has 1 heterocycles. The van der Waals surface area contributed by atoms with E-state index >= 15 is 0 Å². The van der Waals surface area contributed by atoms with Crippen LogP contribution < -0.4 is 11.1 Å². The van der Waals surface area contributed by atoms with Crippen LogP contribution in [-0.4, -0.2) is 30.1 Å². The number of halogens is 1. The molecule has 0 saturated carbocycles. The highest BCUT2D eigenvalue weighted by atomic mass is 35.5. The zero-order chi connectivity index (χ0) is 13.8. The molecule has 1 aliphatic rings. The second-order valence-corrected chi connectivity index (χ2v) is 5.91. The molecule has 1 saturated heterocycles. The van der Waals surface area contributed by atoms with E-state index in [9.17, 15) is 4.79 Å². The third-order valence-electron chi connectivity index (χ3n) is 2.89. The number of nitrogens with two attached hydrogens (primary N) is 1. The lowest BCUT2D eigenvalue weighted by atomic mass is 10.1. The molecule has 1 aromatic carbocycles. The van der Waals surface area contributed by atoms with Gasteiger partial charge in [-0.25, -0.2) is 4.79 Å². The Bertz CT molecular complexity index is 476. The summed E-state index contributed by atoms with van der Waals surface area (Å²) in [5.41, 5.74) is 7.24. The van der Waals surface area contributed by atoms with E-state index in [4.69, 9.17) is 22.1 Å². The van der Waals surface area contributed by atoms with Gasteiger partial charge in [0.15, 0.2) is 0 Å². The molecule has 0 radical (unpaired) electrons. The first-order valence-corrected chi connectivity index (χ1v) is 7.75. The van der Waals surface area contributed by atoms with E-state index in [1.54, 1.807) is 19.1 Å². The maximum absolute atomic E-state index is 12.0. The number of esters is 1. The molecule has 1 atom stereocenters. The number of carbonyl (C=O) groups is 1. The molecule has 0 aliphatic carbocycles. The molecule has 0 spiro atoms. The molecule has 1 unspecified atom stereocenters. The van der Waals surface area contributed by atoms with Crippen LogP contribution in [0.1, 0.15) is 23.7 Å². The largest absolute Gasteiger partial charge is 0.462 e. The summed E-state index contributed by atoms with van der Waals surface area (Å²) in [6.07, 6.45) is 1.06. The fourth-order valence-corrected chi connectivity index (χ4v) is 3.43. The SMILES string of the molecule is CCOC(=O)c1cc(N)cc(Cl)c1NC1CCSC1. The zero-order valence-electron chi connectivity index (χ0n) is 10.7. The molecule has 4 nitrogen and oxygen atoms in total. The molecule has 0 aromatic heterocycles. The predicted molar refractivity (Wildman–Crippen MR) is 81.2 cm³/mol. The molecule has 19 heavy (non-hydrogen) atoms. The lowest BCUT2D eigenvalue weighted by Gasteiger charge is -2.18. The Morgan fingerprint density at radius 2 is 2.42 bits per heavy atom. The van der Waals surface area contributed by atoms with Crippen LogP contribution >= 0.6 is 23.4 Å². The van der Waals surface area contributed by atoms with Gasteiger partial charge in [-0.3, -0.25) is 0 Å². The van der Waals surface area contributed by atoms with Crippen molar-refractivity contribution in [1.29, 1.82) is 0 Å². The summed E-state index contributed by atoms with van der Waals surface area (Å²) >= 11 is 8.09. The molecule has 0 amide bonds. The topological polar surface area (TPSA) is 64.3 Å². The number of ether oxygens (including phenoxy) is 1. The van der Waals surface area contributed by atoms with E-state index in [0.717, 1.165) is 17.9 Å². The summed E-state index contributed by atoms with van der Waals surface area (Å²) < 4.78 is 5.04. The highest BCUT2D eigenvalue weighted by molar-refractivity contribution is 7.99. The van der Waals surface area contributed by atoms with E-state index in [1.165, 1.54) is 0 Å². The molecule has 6 heteroatoms. The van der Waals surface area contributed by atoms with Gasteiger partial charge in [-0.2, -0.15) is 11.8 Å². The van der Waals surface area contributed by atoms with E-state index in [0.29, 0.717) is 34.6 Å². The third-order valence-corrected chi connectivity index (χ3v) is 4.35. The first kappa shape index (κ1) is 14.3. The van der Waals surface area contributed by atoms with Crippen molar-refractivity contribution >= 4 is 40.7 Å². The third kappa shape index (κ3) is 3.48. The fraction of sp³-hybridized carbons (Fsp3) is 0.462. The Morgan fingerprint density at radius 1 is 1.63 bits per heavy atom. The number of thioether (sulfide) groups is 1. The quantitative estimate of drug-likeness (QED) is 0.661. The molecule has 1 fully saturated rings. The highest BCUT2D eigenvalue weighted by Crippen LogP contribution is 2.32. The van der Waals surface area contributed by atoms with Gasteiger partial charge in [0, 0.05) is 17.5 Å². The van der Waals surface area contributed by atoms with E-state index in [2.05, 4.69) is 5.32 Å². The monoisotopic (exact) mass is 300 g/mol. The van der Waals surface area contributed by atoms with Gasteiger partial charge >= 0.3 is 5.97 Å². The van der Waals surface area contributed by atoms with Crippen LogP contribution in [0.15, 0.2) is 12.1 Å². The second kappa shape index (κ2) is 6.39.